The zero-order chi connectivity index (χ0) is 10.7. The Morgan fingerprint density at radius 2 is 2.47 bits per heavy atom. The molecule has 1 saturated carbocycles. The Bertz CT molecular complexity index is 369. The molecule has 4 nitrogen and oxygen atoms in total. The van der Waals surface area contributed by atoms with E-state index in [0.717, 1.165) is 23.4 Å². The van der Waals surface area contributed by atoms with Gasteiger partial charge < -0.3 is 5.32 Å². The van der Waals surface area contributed by atoms with E-state index in [1.165, 1.54) is 7.05 Å². The van der Waals surface area contributed by atoms with Crippen molar-refractivity contribution in [2.45, 2.75) is 12.8 Å². The quantitative estimate of drug-likeness (QED) is 0.486. The molecule has 0 bridgehead atoms. The molecule has 0 spiro atoms. The molecule has 1 heterocycles. The maximum atomic E-state index is 10.9. The van der Waals surface area contributed by atoms with Crippen LogP contribution in [0.15, 0.2) is 22.7 Å². The highest BCUT2D eigenvalue weighted by Gasteiger charge is 2.30. The van der Waals surface area contributed by atoms with Crippen LogP contribution in [0.4, 0.5) is 4.79 Å². The SMILES string of the molecule is CNC(=O)O/N=C(\c1cccs1)C1CC1. The predicted octanol–water partition coefficient (Wildman–Crippen LogP) is 2.22. The maximum Gasteiger partial charge on any atom is 0.433 e. The van der Waals surface area contributed by atoms with Gasteiger partial charge >= 0.3 is 6.09 Å². The van der Waals surface area contributed by atoms with Crippen molar-refractivity contribution in [1.82, 2.24) is 5.32 Å². The molecule has 1 fully saturated rings. The lowest BCUT2D eigenvalue weighted by atomic mass is 10.2. The number of nitrogens with one attached hydrogen (secondary N) is 1. The second kappa shape index (κ2) is 4.44. The molecule has 0 saturated heterocycles. The van der Waals surface area contributed by atoms with Crippen molar-refractivity contribution in [3.05, 3.63) is 22.4 Å². The van der Waals surface area contributed by atoms with Gasteiger partial charge in [0.2, 0.25) is 0 Å². The molecule has 0 unspecified atom stereocenters. The van der Waals surface area contributed by atoms with E-state index in [1.807, 2.05) is 17.5 Å². The van der Waals surface area contributed by atoms with E-state index in [-0.39, 0.29) is 0 Å². The van der Waals surface area contributed by atoms with E-state index in [1.54, 1.807) is 11.3 Å². The largest absolute Gasteiger partial charge is 0.433 e. The van der Waals surface area contributed by atoms with Crippen LogP contribution < -0.4 is 5.32 Å². The Balaban J connectivity index is 2.09. The molecule has 0 radical (unpaired) electrons. The molecule has 0 aromatic carbocycles. The highest BCUT2D eigenvalue weighted by atomic mass is 32.1. The lowest BCUT2D eigenvalue weighted by molar-refractivity contribution is 0.153. The van der Waals surface area contributed by atoms with Crippen molar-refractivity contribution in [2.75, 3.05) is 7.05 Å². The minimum Gasteiger partial charge on any atom is -0.323 e. The lowest BCUT2D eigenvalue weighted by Gasteiger charge is -2.01. The molecule has 15 heavy (non-hydrogen) atoms. The minimum absolute atomic E-state index is 0.466. The normalized spacial score (nSPS) is 16.2. The molecule has 5 heteroatoms. The smallest absolute Gasteiger partial charge is 0.323 e. The number of amides is 1. The highest BCUT2D eigenvalue weighted by molar-refractivity contribution is 7.12. The molecule has 1 aliphatic rings. The van der Waals surface area contributed by atoms with Crippen LogP contribution in [0.3, 0.4) is 0 Å². The van der Waals surface area contributed by atoms with Crippen LogP contribution in [0.2, 0.25) is 0 Å². The van der Waals surface area contributed by atoms with Crippen LogP contribution in [0.5, 0.6) is 0 Å². The second-order valence-electron chi connectivity index (χ2n) is 3.36. The molecule has 1 amide bonds. The van der Waals surface area contributed by atoms with Gasteiger partial charge in [-0.1, -0.05) is 11.2 Å². The van der Waals surface area contributed by atoms with E-state index in [0.29, 0.717) is 5.92 Å². The van der Waals surface area contributed by atoms with Crippen molar-refractivity contribution in [3.8, 4) is 0 Å². The molecule has 0 atom stereocenters. The number of rotatable bonds is 3. The van der Waals surface area contributed by atoms with E-state index >= 15 is 0 Å². The van der Waals surface area contributed by atoms with Crippen molar-refractivity contribution >= 4 is 23.1 Å². The zero-order valence-corrected chi connectivity index (χ0v) is 9.21. The van der Waals surface area contributed by atoms with E-state index in [2.05, 4.69) is 10.5 Å². The van der Waals surface area contributed by atoms with Crippen molar-refractivity contribution in [1.29, 1.82) is 0 Å². The number of nitrogens with zero attached hydrogens (tertiary/aromatic N) is 1. The zero-order valence-electron chi connectivity index (χ0n) is 8.40. The number of hydrogen-bond acceptors (Lipinski definition) is 4. The summed E-state index contributed by atoms with van der Waals surface area (Å²) in [6.45, 7) is 0. The van der Waals surface area contributed by atoms with Crippen LogP contribution >= 0.6 is 11.3 Å². The Kier molecular flexibility index (Phi) is 3.01. The first-order chi connectivity index (χ1) is 7.31. The van der Waals surface area contributed by atoms with Crippen LogP contribution in [0.25, 0.3) is 0 Å². The summed E-state index contributed by atoms with van der Waals surface area (Å²) in [6.07, 6.45) is 1.74. The molecule has 2 rings (SSSR count). The summed E-state index contributed by atoms with van der Waals surface area (Å²) >= 11 is 1.62. The Morgan fingerprint density at radius 3 is 3.00 bits per heavy atom. The van der Waals surface area contributed by atoms with Gasteiger partial charge in [-0.2, -0.15) is 0 Å². The van der Waals surface area contributed by atoms with Gasteiger partial charge in [0.05, 0.1) is 4.88 Å². The summed E-state index contributed by atoms with van der Waals surface area (Å²) in [4.78, 5) is 16.7. The fourth-order valence-electron chi connectivity index (χ4n) is 1.24. The van der Waals surface area contributed by atoms with E-state index < -0.39 is 6.09 Å². The maximum absolute atomic E-state index is 10.9. The van der Waals surface area contributed by atoms with Crippen molar-refractivity contribution in [3.63, 3.8) is 0 Å². The van der Waals surface area contributed by atoms with Gasteiger partial charge in [-0.3, -0.25) is 4.84 Å². The van der Waals surface area contributed by atoms with E-state index in [4.69, 9.17) is 4.84 Å². The summed E-state index contributed by atoms with van der Waals surface area (Å²) in [6, 6.07) is 3.97. The number of carbonyl (C=O) groups excluding carboxylic acids is 1. The third-order valence-corrected chi connectivity index (χ3v) is 3.06. The van der Waals surface area contributed by atoms with Crippen LogP contribution in [-0.2, 0) is 4.84 Å². The van der Waals surface area contributed by atoms with Crippen molar-refractivity contribution in [2.24, 2.45) is 11.1 Å². The van der Waals surface area contributed by atoms with Gasteiger partial charge in [0, 0.05) is 13.0 Å². The van der Waals surface area contributed by atoms with E-state index in [9.17, 15) is 4.79 Å². The molecule has 1 aromatic rings. The summed E-state index contributed by atoms with van der Waals surface area (Å²) in [5, 5.41) is 8.27. The molecular weight excluding hydrogens is 212 g/mol. The van der Waals surface area contributed by atoms with Crippen LogP contribution in [0.1, 0.15) is 17.7 Å². The Labute approximate surface area is 91.9 Å². The Hall–Kier alpha value is -1.36. The average molecular weight is 224 g/mol. The first kappa shape index (κ1) is 10.2. The van der Waals surface area contributed by atoms with Crippen LogP contribution in [-0.4, -0.2) is 18.9 Å². The van der Waals surface area contributed by atoms with Gasteiger partial charge in [-0.15, -0.1) is 11.3 Å². The van der Waals surface area contributed by atoms with Gasteiger partial charge in [0.15, 0.2) is 0 Å². The van der Waals surface area contributed by atoms with Gasteiger partial charge in [0.1, 0.15) is 5.71 Å². The molecular formula is C10H12N2O2S. The lowest BCUT2D eigenvalue weighted by Crippen LogP contribution is -2.18. The topological polar surface area (TPSA) is 50.7 Å². The standard InChI is InChI=1S/C10H12N2O2S/c1-11-10(13)14-12-9(7-4-5-7)8-3-2-6-15-8/h2-3,6-7H,4-5H2,1H3,(H,11,13)/b12-9-. The molecule has 80 valence electrons. The number of carbonyl (C=O) groups is 1. The molecule has 0 aliphatic heterocycles. The van der Waals surface area contributed by atoms with Gasteiger partial charge in [-0.25, -0.2) is 4.79 Å². The first-order valence-electron chi connectivity index (χ1n) is 4.81. The van der Waals surface area contributed by atoms with Gasteiger partial charge in [-0.05, 0) is 24.3 Å². The minimum atomic E-state index is -0.523. The Morgan fingerprint density at radius 1 is 1.67 bits per heavy atom. The third-order valence-electron chi connectivity index (χ3n) is 2.17. The fraction of sp³-hybridized carbons (Fsp3) is 0.400. The van der Waals surface area contributed by atoms with Crippen LogP contribution in [0, 0.1) is 5.92 Å². The monoisotopic (exact) mass is 224 g/mol. The summed E-state index contributed by atoms with van der Waals surface area (Å²) in [7, 11) is 1.51. The number of thiophene rings is 1. The third kappa shape index (κ3) is 2.56. The molecule has 1 N–H and O–H groups in total. The summed E-state index contributed by atoms with van der Waals surface area (Å²) in [5.41, 5.74) is 0.897. The average Bonchev–Trinajstić information content (AvgIpc) is 2.94. The number of oxime groups is 1. The van der Waals surface area contributed by atoms with Gasteiger partial charge in [0.25, 0.3) is 0 Å². The molecule has 1 aliphatic carbocycles. The summed E-state index contributed by atoms with van der Waals surface area (Å²) in [5.74, 6) is 0.466. The summed E-state index contributed by atoms with van der Waals surface area (Å²) < 4.78 is 0. The fourth-order valence-corrected chi connectivity index (χ4v) is 2.02. The van der Waals surface area contributed by atoms with Crippen molar-refractivity contribution < 1.29 is 9.63 Å². The number of hydrogen-bond donors (Lipinski definition) is 1. The highest BCUT2D eigenvalue weighted by Crippen LogP contribution is 2.34. The second-order valence-corrected chi connectivity index (χ2v) is 4.30. The first-order valence-corrected chi connectivity index (χ1v) is 5.69. The predicted molar refractivity (Wildman–Crippen MR) is 59.1 cm³/mol. The molecule has 1 aromatic heterocycles.